The minimum absolute atomic E-state index is 0.163. The van der Waals surface area contributed by atoms with Crippen molar-refractivity contribution in [3.8, 4) is 11.6 Å². The van der Waals surface area contributed by atoms with Crippen molar-refractivity contribution in [3.63, 3.8) is 0 Å². The van der Waals surface area contributed by atoms with Gasteiger partial charge in [0.1, 0.15) is 18.0 Å². The predicted octanol–water partition coefficient (Wildman–Crippen LogP) is 4.74. The maximum absolute atomic E-state index is 15.1. The molecule has 1 saturated carbocycles. The Hall–Kier alpha value is -2.71. The number of rotatable bonds is 11. The van der Waals surface area contributed by atoms with E-state index in [9.17, 15) is 4.39 Å². The van der Waals surface area contributed by atoms with Gasteiger partial charge in [-0.3, -0.25) is 9.29 Å². The standard InChI is InChI=1S/C27H34F2N4O2/c1-18-14-20-19-6-3-4-7-22(19)32-25(20)26(33(18)17-27(29)8-9-27)21-16-31-24(15-23(21)34-2)35-13-12-30-11-5-10-28/h3-4,6-7,15-16,18,26,30,32H,5,8-14,17H2,1-2H3/t18-,26?/m1/s1. The smallest absolute Gasteiger partial charge is 0.217 e. The molecule has 0 bridgehead atoms. The molecule has 3 heterocycles. The van der Waals surface area contributed by atoms with E-state index in [4.69, 9.17) is 9.47 Å². The van der Waals surface area contributed by atoms with E-state index >= 15 is 4.39 Å². The second-order valence-corrected chi connectivity index (χ2v) is 9.75. The number of halogens is 2. The number of hydrogen-bond acceptors (Lipinski definition) is 5. The van der Waals surface area contributed by atoms with E-state index in [1.807, 2.05) is 6.07 Å². The molecule has 1 aromatic carbocycles. The Morgan fingerprint density at radius 3 is 2.86 bits per heavy atom. The fourth-order valence-corrected chi connectivity index (χ4v) is 5.14. The fourth-order valence-electron chi connectivity index (χ4n) is 5.14. The third-order valence-corrected chi connectivity index (χ3v) is 7.18. The van der Waals surface area contributed by atoms with Gasteiger partial charge >= 0.3 is 0 Å². The molecule has 5 rings (SSSR count). The Balaban J connectivity index is 1.46. The van der Waals surface area contributed by atoms with Crippen LogP contribution in [0.4, 0.5) is 8.78 Å². The highest BCUT2D eigenvalue weighted by molar-refractivity contribution is 5.85. The fraction of sp³-hybridized carbons (Fsp3) is 0.519. The van der Waals surface area contributed by atoms with Crippen molar-refractivity contribution in [2.24, 2.45) is 0 Å². The molecule has 0 saturated heterocycles. The Morgan fingerprint density at radius 2 is 2.09 bits per heavy atom. The third kappa shape index (κ3) is 5.00. The number of alkyl halides is 2. The maximum Gasteiger partial charge on any atom is 0.217 e. The van der Waals surface area contributed by atoms with Crippen LogP contribution in [0.2, 0.25) is 0 Å². The van der Waals surface area contributed by atoms with Gasteiger partial charge < -0.3 is 19.8 Å². The molecule has 1 aliphatic heterocycles. The zero-order valence-corrected chi connectivity index (χ0v) is 20.4. The molecule has 2 atom stereocenters. The number of nitrogens with one attached hydrogen (secondary N) is 2. The predicted molar refractivity (Wildman–Crippen MR) is 133 cm³/mol. The van der Waals surface area contributed by atoms with Crippen molar-refractivity contribution in [3.05, 3.63) is 53.3 Å². The molecule has 8 heteroatoms. The molecule has 3 aromatic rings. The number of methoxy groups -OCH3 is 1. The lowest BCUT2D eigenvalue weighted by molar-refractivity contribution is 0.0954. The number of aromatic amines is 1. The van der Waals surface area contributed by atoms with Gasteiger partial charge in [0.05, 0.1) is 19.8 Å². The van der Waals surface area contributed by atoms with E-state index in [1.165, 1.54) is 10.9 Å². The first kappa shape index (κ1) is 24.0. The molecule has 35 heavy (non-hydrogen) atoms. The van der Waals surface area contributed by atoms with Crippen LogP contribution in [-0.4, -0.2) is 66.6 Å². The van der Waals surface area contributed by atoms with E-state index in [0.29, 0.717) is 57.1 Å². The van der Waals surface area contributed by atoms with Crippen molar-refractivity contribution < 1.29 is 18.3 Å². The molecule has 2 aromatic heterocycles. The number of para-hydroxylation sites is 1. The summed E-state index contributed by atoms with van der Waals surface area (Å²) in [6.45, 7) is 3.89. The summed E-state index contributed by atoms with van der Waals surface area (Å²) >= 11 is 0. The number of nitrogens with zero attached hydrogens (tertiary/aromatic N) is 2. The van der Waals surface area contributed by atoms with Gasteiger partial charge in [0.15, 0.2) is 0 Å². The third-order valence-electron chi connectivity index (χ3n) is 7.18. The molecule has 0 amide bonds. The van der Waals surface area contributed by atoms with Gasteiger partial charge in [-0.05, 0) is 50.8 Å². The van der Waals surface area contributed by atoms with Gasteiger partial charge in [-0.2, -0.15) is 0 Å². The van der Waals surface area contributed by atoms with Crippen LogP contribution in [0.5, 0.6) is 11.6 Å². The summed E-state index contributed by atoms with van der Waals surface area (Å²) in [6.07, 6.45) is 4.38. The number of hydrogen-bond donors (Lipinski definition) is 2. The molecule has 0 radical (unpaired) electrons. The minimum Gasteiger partial charge on any atom is -0.496 e. The number of aromatic nitrogens is 2. The maximum atomic E-state index is 15.1. The van der Waals surface area contributed by atoms with Crippen LogP contribution in [0.1, 0.15) is 49.0 Å². The quantitative estimate of drug-likeness (QED) is 0.385. The van der Waals surface area contributed by atoms with E-state index in [2.05, 4.69) is 45.3 Å². The molecule has 2 N–H and O–H groups in total. The molecular formula is C27H34F2N4O2. The van der Waals surface area contributed by atoms with E-state index in [1.54, 1.807) is 19.4 Å². The Labute approximate surface area is 205 Å². The number of H-pyrrole nitrogens is 1. The Kier molecular flexibility index (Phi) is 6.93. The summed E-state index contributed by atoms with van der Waals surface area (Å²) < 4.78 is 38.9. The van der Waals surface area contributed by atoms with Gasteiger partial charge in [-0.15, -0.1) is 0 Å². The zero-order chi connectivity index (χ0) is 24.4. The first-order chi connectivity index (χ1) is 17.0. The summed E-state index contributed by atoms with van der Waals surface area (Å²) in [4.78, 5) is 10.5. The summed E-state index contributed by atoms with van der Waals surface area (Å²) in [5.41, 5.74) is 3.23. The average Bonchev–Trinajstić information content (AvgIpc) is 3.49. The monoisotopic (exact) mass is 484 g/mol. The van der Waals surface area contributed by atoms with Crippen LogP contribution in [0.15, 0.2) is 36.5 Å². The van der Waals surface area contributed by atoms with Gasteiger partial charge in [-0.1, -0.05) is 18.2 Å². The van der Waals surface area contributed by atoms with Gasteiger partial charge in [0.25, 0.3) is 0 Å². The molecule has 1 unspecified atom stereocenters. The summed E-state index contributed by atoms with van der Waals surface area (Å²) in [6, 6.07) is 10.1. The molecule has 0 spiro atoms. The molecule has 1 fully saturated rings. The average molecular weight is 485 g/mol. The highest BCUT2D eigenvalue weighted by Crippen LogP contribution is 2.48. The van der Waals surface area contributed by atoms with Crippen molar-refractivity contribution in [1.82, 2.24) is 20.2 Å². The number of pyridine rings is 1. The van der Waals surface area contributed by atoms with Gasteiger partial charge in [0, 0.05) is 53.6 Å². The highest BCUT2D eigenvalue weighted by Gasteiger charge is 2.48. The van der Waals surface area contributed by atoms with Crippen LogP contribution < -0.4 is 14.8 Å². The second-order valence-electron chi connectivity index (χ2n) is 9.75. The van der Waals surface area contributed by atoms with Crippen molar-refractivity contribution in [2.75, 3.05) is 40.0 Å². The van der Waals surface area contributed by atoms with Crippen LogP contribution in [0.25, 0.3) is 10.9 Å². The van der Waals surface area contributed by atoms with E-state index < -0.39 is 5.67 Å². The number of ether oxygens (including phenoxy) is 2. The Morgan fingerprint density at radius 1 is 1.26 bits per heavy atom. The van der Waals surface area contributed by atoms with E-state index in [-0.39, 0.29) is 18.8 Å². The topological polar surface area (TPSA) is 62.4 Å². The second kappa shape index (κ2) is 10.1. The first-order valence-electron chi connectivity index (χ1n) is 12.5. The molecule has 2 aliphatic rings. The van der Waals surface area contributed by atoms with Gasteiger partial charge in [-0.25, -0.2) is 9.37 Å². The van der Waals surface area contributed by atoms with Crippen LogP contribution in [-0.2, 0) is 6.42 Å². The SMILES string of the molecule is COc1cc(OCCNCCCF)ncc1C1c2[nH]c3ccccc3c2C[C@@H](C)N1CC1(F)CC1. The highest BCUT2D eigenvalue weighted by atomic mass is 19.1. The number of fused-ring (bicyclic) bond motifs is 3. The van der Waals surface area contributed by atoms with Crippen molar-refractivity contribution >= 4 is 10.9 Å². The summed E-state index contributed by atoms with van der Waals surface area (Å²) in [5, 5.41) is 4.36. The lowest BCUT2D eigenvalue weighted by atomic mass is 9.88. The minimum atomic E-state index is -1.12. The normalized spacial score (nSPS) is 21.1. The summed E-state index contributed by atoms with van der Waals surface area (Å²) in [5.74, 6) is 1.13. The number of benzene rings is 1. The van der Waals surface area contributed by atoms with Crippen LogP contribution in [0.3, 0.4) is 0 Å². The Bertz CT molecular complexity index is 1160. The van der Waals surface area contributed by atoms with E-state index in [0.717, 1.165) is 23.2 Å². The lowest BCUT2D eigenvalue weighted by Crippen LogP contribution is -2.46. The van der Waals surface area contributed by atoms with Crippen molar-refractivity contribution in [1.29, 1.82) is 0 Å². The summed E-state index contributed by atoms with van der Waals surface area (Å²) in [7, 11) is 1.64. The van der Waals surface area contributed by atoms with Crippen LogP contribution in [0, 0.1) is 0 Å². The molecule has 6 nitrogen and oxygen atoms in total. The van der Waals surface area contributed by atoms with Gasteiger partial charge in [0.2, 0.25) is 5.88 Å². The zero-order valence-electron chi connectivity index (χ0n) is 20.4. The molecule has 1 aliphatic carbocycles. The lowest BCUT2D eigenvalue weighted by Gasteiger charge is -2.42. The first-order valence-corrected chi connectivity index (χ1v) is 12.5. The molecule has 188 valence electrons. The largest absolute Gasteiger partial charge is 0.496 e. The van der Waals surface area contributed by atoms with Crippen molar-refractivity contribution in [2.45, 2.75) is 50.4 Å². The van der Waals surface area contributed by atoms with Crippen LogP contribution >= 0.6 is 0 Å². The molecular weight excluding hydrogens is 450 g/mol.